The lowest BCUT2D eigenvalue weighted by Crippen LogP contribution is -2.49. The van der Waals surface area contributed by atoms with Crippen LogP contribution in [0.15, 0.2) is 48.5 Å². The smallest absolute Gasteiger partial charge is 0.240 e. The molecule has 4 fully saturated rings. The van der Waals surface area contributed by atoms with E-state index in [0.717, 1.165) is 6.42 Å². The van der Waals surface area contributed by atoms with E-state index in [4.69, 9.17) is 17.2 Å². The minimum absolute atomic E-state index is 0.00857. The van der Waals surface area contributed by atoms with Crippen LogP contribution in [0.5, 0.6) is 11.5 Å². The third-order valence-corrected chi connectivity index (χ3v) is 17.0. The van der Waals surface area contributed by atoms with E-state index in [1.165, 1.54) is 31.2 Å². The molecule has 12 atom stereocenters. The van der Waals surface area contributed by atoms with E-state index < -0.39 is 53.7 Å². The van der Waals surface area contributed by atoms with Crippen LogP contribution >= 0.6 is 0 Å². The summed E-state index contributed by atoms with van der Waals surface area (Å²) in [7, 11) is 0. The quantitative estimate of drug-likeness (QED) is 0.0478. The van der Waals surface area contributed by atoms with E-state index in [1.807, 2.05) is 0 Å². The van der Waals surface area contributed by atoms with Gasteiger partial charge in [-0.15, -0.1) is 0 Å². The monoisotopic (exact) mass is 1080 g/mol. The van der Waals surface area contributed by atoms with Crippen LogP contribution in [0.25, 0.3) is 0 Å². The average molecular weight is 1080 g/mol. The van der Waals surface area contributed by atoms with E-state index in [-0.39, 0.29) is 114 Å². The number of primary amides is 1. The number of Topliss-reactive ketones (excluding diaryl/α,β-unsaturated/α-hetero) is 3. The van der Waals surface area contributed by atoms with E-state index in [9.17, 15) is 53.4 Å². The Labute approximate surface area is 458 Å². The molecule has 0 spiro atoms. The Morgan fingerprint density at radius 2 is 0.821 bits per heavy atom. The number of unbranched alkanes of at least 4 members (excludes halogenated alkanes) is 2. The molecule has 0 aliphatic heterocycles. The number of carbonyl (C=O) groups excluding carboxylic acids is 9. The Morgan fingerprint density at radius 1 is 0.474 bits per heavy atom. The summed E-state index contributed by atoms with van der Waals surface area (Å²) in [5, 5.41) is 34.5. The van der Waals surface area contributed by atoms with Gasteiger partial charge in [-0.2, -0.15) is 0 Å². The van der Waals surface area contributed by atoms with Crippen molar-refractivity contribution >= 4 is 52.8 Å². The fraction of sp³-hybridized carbons (Fsp3) is 0.644. The number of nitrogens with two attached hydrogens (primary N) is 3. The highest BCUT2D eigenvalue weighted by molar-refractivity contribution is 5.94. The second kappa shape index (κ2) is 30.2. The molecule has 0 aromatic heterocycles. The van der Waals surface area contributed by atoms with E-state index in [0.29, 0.717) is 133 Å². The minimum Gasteiger partial charge on any atom is -0.508 e. The number of phenolic OH excluding ortho intramolecular Hbond substituents is 2. The zero-order valence-corrected chi connectivity index (χ0v) is 45.5. The van der Waals surface area contributed by atoms with Gasteiger partial charge in [0.1, 0.15) is 17.5 Å². The number of carbonyl (C=O) groups is 9. The average Bonchev–Trinajstić information content (AvgIpc) is 4.26. The van der Waals surface area contributed by atoms with Gasteiger partial charge in [0.15, 0.2) is 17.3 Å². The number of hydrogen-bond acceptors (Lipinski definition) is 13. The summed E-state index contributed by atoms with van der Waals surface area (Å²) < 4.78 is 0. The Bertz CT molecular complexity index is 2380. The molecule has 2 aromatic carbocycles. The van der Waals surface area contributed by atoms with Gasteiger partial charge < -0.3 is 54.0 Å². The second-order valence-electron chi connectivity index (χ2n) is 22.7. The highest BCUT2D eigenvalue weighted by Crippen LogP contribution is 2.39. The van der Waals surface area contributed by atoms with Gasteiger partial charge in [0, 0.05) is 56.4 Å². The number of amides is 6. The highest BCUT2D eigenvalue weighted by atomic mass is 16.3. The Hall–Kier alpha value is -6.21. The summed E-state index contributed by atoms with van der Waals surface area (Å²) in [6.45, 7) is 2.25. The third kappa shape index (κ3) is 17.9. The van der Waals surface area contributed by atoms with E-state index in [2.05, 4.69) is 26.6 Å². The Morgan fingerprint density at radius 3 is 1.22 bits per heavy atom. The standard InChI is InChI=1S/C59H86N8O11/c1-35(68)63-47-19-9-16-46(47)59(78)65-49(18-3-5-29-61)53(72)32-38-10-6-14-44(38)57(76)66-50(30-36-20-24-41(69)25-21-36)54(73)34-40-12-8-13-43(40)56(75)64-48(17-2-4-28-60)52(71)33-39-11-7-15-45(39)58(77)67-51(55(62)74)31-37-22-26-42(70)27-23-37/h20-27,38-40,43-51,69-70H,2-19,28-34,60-61H2,1H3,(H2,62,74)(H,63,68)(H,64,75)(H,65,78)(H,66,76)(H,67,77)/t38?,39?,40?,43?,44?,45?,46?,47?,48-,49-,50-,51-/m0/s1. The zero-order chi connectivity index (χ0) is 56.3. The minimum atomic E-state index is -0.997. The Kier molecular flexibility index (Phi) is 23.6. The van der Waals surface area contributed by atoms with Crippen molar-refractivity contribution in [2.75, 3.05) is 13.1 Å². The van der Waals surface area contributed by atoms with Crippen LogP contribution in [0.4, 0.5) is 0 Å². The van der Waals surface area contributed by atoms with Crippen molar-refractivity contribution in [1.29, 1.82) is 0 Å². The molecule has 78 heavy (non-hydrogen) atoms. The predicted molar refractivity (Wildman–Crippen MR) is 293 cm³/mol. The van der Waals surface area contributed by atoms with Gasteiger partial charge in [0.05, 0.1) is 24.0 Å². The molecule has 19 heteroatoms. The lowest BCUT2D eigenvalue weighted by atomic mass is 9.85. The van der Waals surface area contributed by atoms with Crippen molar-refractivity contribution in [3.05, 3.63) is 59.7 Å². The fourth-order valence-electron chi connectivity index (χ4n) is 12.7. The van der Waals surface area contributed by atoms with Gasteiger partial charge in [-0.25, -0.2) is 0 Å². The molecule has 8 unspecified atom stereocenters. The first-order valence-corrected chi connectivity index (χ1v) is 28.8. The van der Waals surface area contributed by atoms with Crippen molar-refractivity contribution in [3.8, 4) is 11.5 Å². The van der Waals surface area contributed by atoms with E-state index >= 15 is 0 Å². The molecule has 13 N–H and O–H groups in total. The molecule has 0 radical (unpaired) electrons. The number of benzene rings is 2. The zero-order valence-electron chi connectivity index (χ0n) is 45.5. The molecule has 2 aromatic rings. The van der Waals surface area contributed by atoms with Gasteiger partial charge >= 0.3 is 0 Å². The van der Waals surface area contributed by atoms with Crippen molar-refractivity contribution < 1.29 is 53.4 Å². The van der Waals surface area contributed by atoms with Gasteiger partial charge in [0.25, 0.3) is 0 Å². The summed E-state index contributed by atoms with van der Waals surface area (Å²) in [6.07, 6.45) is 11.1. The van der Waals surface area contributed by atoms with Crippen molar-refractivity contribution in [3.63, 3.8) is 0 Å². The summed E-state index contributed by atoms with van der Waals surface area (Å²) in [5.41, 5.74) is 18.7. The topological polar surface area (TPSA) is 332 Å². The lowest BCUT2D eigenvalue weighted by Gasteiger charge is -2.27. The first-order chi connectivity index (χ1) is 37.4. The maximum absolute atomic E-state index is 14.6. The lowest BCUT2D eigenvalue weighted by molar-refractivity contribution is -0.134. The SMILES string of the molecule is CC(=O)NC1CCCC1C(=O)N[C@@H](CCCCN)C(=O)CC1CCCC1C(=O)N[C@@H](Cc1ccc(O)cc1)C(=O)CC1CCCC1C(=O)N[C@@H](CCCCN)C(=O)CC1CCCC1C(=O)N[C@@H](Cc1ccc(O)cc1)C(N)=O. The number of rotatable bonds is 31. The van der Waals surface area contributed by atoms with Crippen molar-refractivity contribution in [1.82, 2.24) is 26.6 Å². The molecule has 4 aliphatic carbocycles. The number of phenols is 2. The molecule has 4 saturated carbocycles. The van der Waals surface area contributed by atoms with E-state index in [1.54, 1.807) is 24.3 Å². The van der Waals surface area contributed by atoms with Gasteiger partial charge in [-0.1, -0.05) is 49.9 Å². The van der Waals surface area contributed by atoms with Crippen LogP contribution in [0.3, 0.4) is 0 Å². The number of nitrogens with one attached hydrogen (secondary N) is 5. The fourth-order valence-corrected chi connectivity index (χ4v) is 12.7. The summed E-state index contributed by atoms with van der Waals surface area (Å²) >= 11 is 0. The van der Waals surface area contributed by atoms with Crippen LogP contribution in [0.2, 0.25) is 0 Å². The molecule has 6 amide bonds. The molecular weight excluding hydrogens is 997 g/mol. The third-order valence-electron chi connectivity index (χ3n) is 17.0. The maximum Gasteiger partial charge on any atom is 0.240 e. The molecule has 428 valence electrons. The van der Waals surface area contributed by atoms with Crippen molar-refractivity contribution in [2.45, 2.75) is 185 Å². The molecule has 0 bridgehead atoms. The first kappa shape index (κ1) is 61.0. The molecule has 0 saturated heterocycles. The predicted octanol–water partition coefficient (Wildman–Crippen LogP) is 4.00. The summed E-state index contributed by atoms with van der Waals surface area (Å²) in [4.78, 5) is 123. The molecule has 0 heterocycles. The van der Waals surface area contributed by atoms with Crippen LogP contribution in [-0.4, -0.2) is 106 Å². The van der Waals surface area contributed by atoms with Gasteiger partial charge in [-0.05, 0) is 163 Å². The van der Waals surface area contributed by atoms with Crippen molar-refractivity contribution in [2.24, 2.45) is 58.6 Å². The molecule has 4 aliphatic rings. The summed E-state index contributed by atoms with van der Waals surface area (Å²) in [6, 6.07) is 8.75. The van der Waals surface area contributed by atoms with Crippen LogP contribution in [0.1, 0.15) is 153 Å². The normalized spacial score (nSPS) is 24.3. The van der Waals surface area contributed by atoms with Crippen LogP contribution in [-0.2, 0) is 56.0 Å². The number of hydrogen-bond donors (Lipinski definition) is 10. The maximum atomic E-state index is 14.6. The van der Waals surface area contributed by atoms with Crippen LogP contribution < -0.4 is 43.8 Å². The molecule has 19 nitrogen and oxygen atoms in total. The second-order valence-corrected chi connectivity index (χ2v) is 22.7. The number of ketones is 3. The van der Waals surface area contributed by atoms with Gasteiger partial charge in [-0.3, -0.25) is 43.2 Å². The Balaban J connectivity index is 1.09. The summed E-state index contributed by atoms with van der Waals surface area (Å²) in [5.74, 6) is -5.95. The van der Waals surface area contributed by atoms with Crippen LogP contribution in [0, 0.1) is 41.4 Å². The molecular formula is C59H86N8O11. The first-order valence-electron chi connectivity index (χ1n) is 28.8. The highest BCUT2D eigenvalue weighted by Gasteiger charge is 2.42. The largest absolute Gasteiger partial charge is 0.508 e. The number of aromatic hydroxyl groups is 2. The molecule has 6 rings (SSSR count). The van der Waals surface area contributed by atoms with Gasteiger partial charge in [0.2, 0.25) is 35.4 Å².